The number of hydrogen-bond acceptors (Lipinski definition) is 5. The predicted molar refractivity (Wildman–Crippen MR) is 148 cm³/mol. The Balaban J connectivity index is 1.36. The van der Waals surface area contributed by atoms with Crippen molar-refractivity contribution >= 4 is 23.8 Å². The molecule has 39 heavy (non-hydrogen) atoms. The van der Waals surface area contributed by atoms with Crippen molar-refractivity contribution in [2.45, 2.75) is 109 Å². The zero-order valence-electron chi connectivity index (χ0n) is 23.8. The van der Waals surface area contributed by atoms with Crippen LogP contribution in [0.25, 0.3) is 0 Å². The molecule has 1 saturated carbocycles. The summed E-state index contributed by atoms with van der Waals surface area (Å²) in [6.45, 7) is 9.01. The molecule has 2 aliphatic heterocycles. The topological polar surface area (TPSA) is 122 Å². The molecule has 2 saturated heterocycles. The number of carbonyl (C=O) groups is 4. The molecule has 2 heterocycles. The van der Waals surface area contributed by atoms with Crippen molar-refractivity contribution in [1.82, 2.24) is 15.1 Å². The Morgan fingerprint density at radius 2 is 1.72 bits per heavy atom. The van der Waals surface area contributed by atoms with Gasteiger partial charge in [0, 0.05) is 32.0 Å². The summed E-state index contributed by atoms with van der Waals surface area (Å²) in [5.74, 6) is -0.265. The van der Waals surface area contributed by atoms with E-state index in [0.29, 0.717) is 12.3 Å². The lowest BCUT2D eigenvalue weighted by Crippen LogP contribution is -2.57. The molecular weight excluding hydrogens is 496 g/mol. The molecule has 1 aromatic rings. The second-order valence-electron chi connectivity index (χ2n) is 12.4. The third-order valence-corrected chi connectivity index (χ3v) is 8.32. The molecule has 1 aromatic carbocycles. The molecule has 0 spiro atoms. The summed E-state index contributed by atoms with van der Waals surface area (Å²) < 4.78 is 5.59. The summed E-state index contributed by atoms with van der Waals surface area (Å²) in [4.78, 5) is 54.4. The maximum Gasteiger partial charge on any atom is 0.411 e. The van der Waals surface area contributed by atoms with Gasteiger partial charge in [0.05, 0.1) is 0 Å². The normalized spacial score (nSPS) is 23.9. The quantitative estimate of drug-likeness (QED) is 0.523. The van der Waals surface area contributed by atoms with Crippen molar-refractivity contribution in [2.75, 3.05) is 13.1 Å². The van der Waals surface area contributed by atoms with E-state index < -0.39 is 29.7 Å². The van der Waals surface area contributed by atoms with Gasteiger partial charge in [-0.05, 0) is 82.3 Å². The van der Waals surface area contributed by atoms with Crippen molar-refractivity contribution in [3.05, 3.63) is 35.4 Å². The lowest BCUT2D eigenvalue weighted by atomic mass is 9.88. The van der Waals surface area contributed by atoms with Gasteiger partial charge in [-0.25, -0.2) is 4.79 Å². The first-order valence-electron chi connectivity index (χ1n) is 14.4. The van der Waals surface area contributed by atoms with Crippen LogP contribution in [0.2, 0.25) is 0 Å². The van der Waals surface area contributed by atoms with Gasteiger partial charge in [-0.2, -0.15) is 0 Å². The van der Waals surface area contributed by atoms with Gasteiger partial charge in [0.2, 0.25) is 17.7 Å². The molecular formula is C30H44N4O5. The summed E-state index contributed by atoms with van der Waals surface area (Å²) in [5, 5.41) is 2.84. The Hall–Kier alpha value is -3.10. The number of benzene rings is 1. The molecule has 4 rings (SSSR count). The van der Waals surface area contributed by atoms with E-state index in [1.54, 1.807) is 25.7 Å². The van der Waals surface area contributed by atoms with E-state index in [1.807, 2.05) is 24.0 Å². The molecule has 214 valence electrons. The first kappa shape index (κ1) is 28.9. The summed E-state index contributed by atoms with van der Waals surface area (Å²) in [6.07, 6.45) is 5.64. The molecule has 4 amide bonds. The number of hydrogen-bond donors (Lipinski definition) is 2. The molecule has 9 nitrogen and oxygen atoms in total. The maximum absolute atomic E-state index is 13.4. The lowest BCUT2D eigenvalue weighted by molar-refractivity contribution is -0.132. The van der Waals surface area contributed by atoms with Gasteiger partial charge in [0.25, 0.3) is 0 Å². The van der Waals surface area contributed by atoms with Gasteiger partial charge in [0.15, 0.2) is 0 Å². The molecule has 1 aliphatic carbocycles. The van der Waals surface area contributed by atoms with Crippen LogP contribution in [-0.4, -0.2) is 70.4 Å². The number of rotatable bonds is 8. The fourth-order valence-electron chi connectivity index (χ4n) is 6.38. The zero-order chi connectivity index (χ0) is 28.3. The highest BCUT2D eigenvalue weighted by atomic mass is 16.6. The van der Waals surface area contributed by atoms with Crippen LogP contribution in [0.15, 0.2) is 24.3 Å². The van der Waals surface area contributed by atoms with Gasteiger partial charge in [0.1, 0.15) is 17.7 Å². The maximum atomic E-state index is 13.4. The van der Waals surface area contributed by atoms with Crippen molar-refractivity contribution in [2.24, 2.45) is 11.7 Å². The monoisotopic (exact) mass is 540 g/mol. The van der Waals surface area contributed by atoms with Crippen LogP contribution >= 0.6 is 0 Å². The number of primary amides is 1. The summed E-state index contributed by atoms with van der Waals surface area (Å²) in [7, 11) is 0. The van der Waals surface area contributed by atoms with E-state index in [1.165, 1.54) is 5.56 Å². The Labute approximate surface area is 231 Å². The van der Waals surface area contributed by atoms with E-state index in [9.17, 15) is 19.2 Å². The molecule has 0 aromatic heterocycles. The van der Waals surface area contributed by atoms with E-state index in [4.69, 9.17) is 10.5 Å². The number of nitrogens with one attached hydrogen (secondary N) is 1. The zero-order valence-corrected chi connectivity index (χ0v) is 23.8. The molecule has 3 N–H and O–H groups in total. The van der Waals surface area contributed by atoms with Crippen LogP contribution in [0.3, 0.4) is 0 Å². The third-order valence-electron chi connectivity index (χ3n) is 8.32. The van der Waals surface area contributed by atoms with Crippen LogP contribution in [0, 0.1) is 5.92 Å². The number of nitrogens with two attached hydrogens (primary N) is 1. The van der Waals surface area contributed by atoms with E-state index in [2.05, 4.69) is 17.4 Å². The molecule has 3 fully saturated rings. The standard InChI is InChI=1S/C30H44N4O5/c1-5-6-25(35)33-15-13-21(14-16-33)20-9-7-19(8-10-20)17-24(27(31)36)32-28(37)26-22-11-12-23(18-22)34(26)29(38)39-30(2,3)4/h7-10,21-24,26H,5-6,11-18H2,1-4H3,(H2,31,36)(H,32,37)/t22-,23+,24-,26-/m0/s1. The van der Waals surface area contributed by atoms with E-state index in [-0.39, 0.29) is 30.2 Å². The average Bonchev–Trinajstić information content (AvgIpc) is 3.50. The van der Waals surface area contributed by atoms with Gasteiger partial charge >= 0.3 is 6.09 Å². The summed E-state index contributed by atoms with van der Waals surface area (Å²) in [6, 6.07) is 6.56. The van der Waals surface area contributed by atoms with Crippen LogP contribution in [0.5, 0.6) is 0 Å². The van der Waals surface area contributed by atoms with Crippen LogP contribution in [0.1, 0.15) is 89.7 Å². The summed E-state index contributed by atoms with van der Waals surface area (Å²) in [5.41, 5.74) is 7.16. The third kappa shape index (κ3) is 6.92. The first-order valence-corrected chi connectivity index (χ1v) is 14.4. The smallest absolute Gasteiger partial charge is 0.411 e. The van der Waals surface area contributed by atoms with Crippen molar-refractivity contribution in [1.29, 1.82) is 0 Å². The second-order valence-corrected chi connectivity index (χ2v) is 12.4. The molecule has 9 heteroatoms. The van der Waals surface area contributed by atoms with Crippen LogP contribution < -0.4 is 11.1 Å². The minimum Gasteiger partial charge on any atom is -0.444 e. The number of amides is 4. The number of ether oxygens (including phenoxy) is 1. The molecule has 0 unspecified atom stereocenters. The van der Waals surface area contributed by atoms with Crippen molar-refractivity contribution in [3.63, 3.8) is 0 Å². The van der Waals surface area contributed by atoms with E-state index in [0.717, 1.165) is 57.2 Å². The number of carbonyl (C=O) groups excluding carboxylic acids is 4. The number of piperidine rings is 2. The number of likely N-dealkylation sites (tertiary alicyclic amines) is 2. The minimum absolute atomic E-state index is 0.0168. The second kappa shape index (κ2) is 12.0. The van der Waals surface area contributed by atoms with Crippen LogP contribution in [-0.2, 0) is 25.5 Å². The largest absolute Gasteiger partial charge is 0.444 e. The van der Waals surface area contributed by atoms with Crippen molar-refractivity contribution < 1.29 is 23.9 Å². The fraction of sp³-hybridized carbons (Fsp3) is 0.667. The van der Waals surface area contributed by atoms with Crippen molar-refractivity contribution in [3.8, 4) is 0 Å². The Kier molecular flexibility index (Phi) is 8.86. The highest BCUT2D eigenvalue weighted by Gasteiger charge is 2.52. The van der Waals surface area contributed by atoms with Gasteiger partial charge in [-0.15, -0.1) is 0 Å². The Morgan fingerprint density at radius 1 is 1.05 bits per heavy atom. The SMILES string of the molecule is CCCC(=O)N1CCC(c2ccc(C[C@H](NC(=O)[C@@H]3[C@H]4CC[C@H](C4)N3C(=O)OC(C)(C)C)C(N)=O)cc2)CC1. The first-order chi connectivity index (χ1) is 18.5. The Bertz CT molecular complexity index is 1060. The van der Waals surface area contributed by atoms with E-state index >= 15 is 0 Å². The average molecular weight is 541 g/mol. The van der Waals surface area contributed by atoms with Gasteiger partial charge in [-0.1, -0.05) is 31.2 Å². The molecule has 2 bridgehead atoms. The molecule has 3 aliphatic rings. The minimum atomic E-state index is -0.879. The highest BCUT2D eigenvalue weighted by molar-refractivity contribution is 5.91. The molecule has 0 radical (unpaired) electrons. The predicted octanol–water partition coefficient (Wildman–Crippen LogP) is 3.49. The fourth-order valence-corrected chi connectivity index (χ4v) is 6.38. The summed E-state index contributed by atoms with van der Waals surface area (Å²) >= 11 is 0. The van der Waals surface area contributed by atoms with Crippen LogP contribution in [0.4, 0.5) is 4.79 Å². The number of fused-ring (bicyclic) bond motifs is 2. The Morgan fingerprint density at radius 3 is 2.31 bits per heavy atom. The molecule has 4 atom stereocenters. The van der Waals surface area contributed by atoms with Gasteiger partial charge in [-0.3, -0.25) is 19.3 Å². The van der Waals surface area contributed by atoms with Gasteiger partial charge < -0.3 is 20.7 Å². The number of nitrogens with zero attached hydrogens (tertiary/aromatic N) is 2. The lowest BCUT2D eigenvalue weighted by Gasteiger charge is -2.36. The highest BCUT2D eigenvalue weighted by Crippen LogP contribution is 2.43.